The zero-order valence-corrected chi connectivity index (χ0v) is 22.4. The van der Waals surface area contributed by atoms with Crippen LogP contribution in [0.2, 0.25) is 0 Å². The molecule has 0 aromatic heterocycles. The lowest BCUT2D eigenvalue weighted by Gasteiger charge is -2.39. The van der Waals surface area contributed by atoms with Crippen LogP contribution in [-0.4, -0.2) is 128 Å². The summed E-state index contributed by atoms with van der Waals surface area (Å²) in [5.41, 5.74) is 0.867. The molecule has 14 heteroatoms. The summed E-state index contributed by atoms with van der Waals surface area (Å²) in [6, 6.07) is 10.6. The minimum absolute atomic E-state index is 0.0809. The first-order valence-corrected chi connectivity index (χ1v) is 13.0. The van der Waals surface area contributed by atoms with Crippen LogP contribution in [0.5, 0.6) is 17.2 Å². The summed E-state index contributed by atoms with van der Waals surface area (Å²) < 4.78 is 27.1. The molecule has 10 unspecified atom stereocenters. The molecule has 0 bridgehead atoms. The maximum absolute atomic E-state index is 12.8. The highest BCUT2D eigenvalue weighted by Crippen LogP contribution is 2.32. The number of carbonyl (C=O) groups is 1. The standard InChI is InChI=1S/C28H34O14/c1-38-18-10-14(5-9-17(18)40-28-26(37)24(35)22(33)20(12-30)42-28)16(31)8-4-13-2-6-15(7-3-13)39-27-25(36)23(34)21(32)19(11-29)41-27/h2-10,19-30,32-37H,11-12H2,1H3. The Kier molecular flexibility index (Phi) is 10.5. The Morgan fingerprint density at radius 3 is 1.81 bits per heavy atom. The summed E-state index contributed by atoms with van der Waals surface area (Å²) in [4.78, 5) is 12.8. The molecule has 2 saturated heterocycles. The molecule has 10 atom stereocenters. The Balaban J connectivity index is 1.39. The molecule has 2 aliphatic rings. The smallest absolute Gasteiger partial charge is 0.229 e. The van der Waals surface area contributed by atoms with E-state index in [4.69, 9.17) is 23.7 Å². The second kappa shape index (κ2) is 13.9. The Morgan fingerprint density at radius 2 is 1.29 bits per heavy atom. The molecule has 0 aliphatic carbocycles. The summed E-state index contributed by atoms with van der Waals surface area (Å²) >= 11 is 0. The molecular weight excluding hydrogens is 560 g/mol. The largest absolute Gasteiger partial charge is 0.493 e. The molecule has 0 amide bonds. The highest BCUT2D eigenvalue weighted by Gasteiger charge is 2.46. The maximum Gasteiger partial charge on any atom is 0.229 e. The third-order valence-corrected chi connectivity index (χ3v) is 6.95. The summed E-state index contributed by atoms with van der Waals surface area (Å²) in [5.74, 6) is 0.0927. The number of rotatable bonds is 10. The van der Waals surface area contributed by atoms with Crippen molar-refractivity contribution in [2.75, 3.05) is 20.3 Å². The zero-order valence-electron chi connectivity index (χ0n) is 22.4. The van der Waals surface area contributed by atoms with E-state index < -0.39 is 74.6 Å². The van der Waals surface area contributed by atoms with Crippen molar-refractivity contribution in [2.45, 2.75) is 61.4 Å². The lowest BCUT2D eigenvalue weighted by molar-refractivity contribution is -0.277. The van der Waals surface area contributed by atoms with Crippen LogP contribution in [0.15, 0.2) is 48.5 Å². The molecule has 0 saturated carbocycles. The third-order valence-electron chi connectivity index (χ3n) is 6.95. The first kappa shape index (κ1) is 31.8. The average molecular weight is 595 g/mol. The van der Waals surface area contributed by atoms with Crippen molar-refractivity contribution < 1.29 is 69.3 Å². The van der Waals surface area contributed by atoms with E-state index in [-0.39, 0.29) is 28.6 Å². The Bertz CT molecular complexity index is 1220. The first-order valence-electron chi connectivity index (χ1n) is 13.0. The van der Waals surface area contributed by atoms with E-state index in [0.29, 0.717) is 5.56 Å². The van der Waals surface area contributed by atoms with E-state index >= 15 is 0 Å². The average Bonchev–Trinajstić information content (AvgIpc) is 3.01. The lowest BCUT2D eigenvalue weighted by atomic mass is 9.99. The molecule has 2 aromatic rings. The number of aliphatic hydroxyl groups is 8. The molecular formula is C28H34O14. The molecule has 230 valence electrons. The van der Waals surface area contributed by atoms with Gasteiger partial charge in [-0.25, -0.2) is 0 Å². The predicted octanol–water partition coefficient (Wildman–Crippen LogP) is -2.05. The van der Waals surface area contributed by atoms with Gasteiger partial charge in [0.1, 0.15) is 54.6 Å². The molecule has 2 heterocycles. The fraction of sp³-hybridized carbons (Fsp3) is 0.464. The molecule has 14 nitrogen and oxygen atoms in total. The van der Waals surface area contributed by atoms with E-state index in [2.05, 4.69) is 0 Å². The van der Waals surface area contributed by atoms with E-state index in [1.165, 1.54) is 31.4 Å². The van der Waals surface area contributed by atoms with Gasteiger partial charge in [0, 0.05) is 5.56 Å². The van der Waals surface area contributed by atoms with Gasteiger partial charge in [0.25, 0.3) is 0 Å². The Hall–Kier alpha value is -3.15. The number of methoxy groups -OCH3 is 1. The Morgan fingerprint density at radius 1 is 0.738 bits per heavy atom. The molecule has 0 radical (unpaired) electrons. The van der Waals surface area contributed by atoms with E-state index in [1.54, 1.807) is 30.3 Å². The normalized spacial score (nSPS) is 33.4. The van der Waals surface area contributed by atoms with Gasteiger partial charge in [-0.05, 0) is 42.0 Å². The monoisotopic (exact) mass is 594 g/mol. The van der Waals surface area contributed by atoms with Gasteiger partial charge < -0.3 is 64.5 Å². The quantitative estimate of drug-likeness (QED) is 0.110. The highest BCUT2D eigenvalue weighted by atomic mass is 16.7. The second-order valence-corrected chi connectivity index (χ2v) is 9.76. The minimum atomic E-state index is -1.62. The summed E-state index contributed by atoms with van der Waals surface area (Å²) in [5, 5.41) is 78.7. The van der Waals surface area contributed by atoms with Gasteiger partial charge >= 0.3 is 0 Å². The van der Waals surface area contributed by atoms with E-state index in [9.17, 15) is 45.6 Å². The van der Waals surface area contributed by atoms with E-state index in [1.807, 2.05) is 0 Å². The molecule has 0 spiro atoms. The number of hydrogen-bond acceptors (Lipinski definition) is 14. The van der Waals surface area contributed by atoms with Crippen LogP contribution >= 0.6 is 0 Å². The number of aliphatic hydroxyl groups excluding tert-OH is 8. The minimum Gasteiger partial charge on any atom is -0.493 e. The highest BCUT2D eigenvalue weighted by molar-refractivity contribution is 6.07. The fourth-order valence-corrected chi connectivity index (χ4v) is 4.43. The van der Waals surface area contributed by atoms with Gasteiger partial charge in [0.05, 0.1) is 20.3 Å². The molecule has 2 aliphatic heterocycles. The molecule has 2 aromatic carbocycles. The van der Waals surface area contributed by atoms with Crippen LogP contribution in [0.25, 0.3) is 6.08 Å². The van der Waals surface area contributed by atoms with Crippen molar-refractivity contribution in [1.82, 2.24) is 0 Å². The van der Waals surface area contributed by atoms with Crippen molar-refractivity contribution in [2.24, 2.45) is 0 Å². The van der Waals surface area contributed by atoms with Crippen LogP contribution < -0.4 is 14.2 Å². The van der Waals surface area contributed by atoms with Gasteiger partial charge in [-0.1, -0.05) is 18.2 Å². The van der Waals surface area contributed by atoms with Gasteiger partial charge in [-0.2, -0.15) is 0 Å². The van der Waals surface area contributed by atoms with Crippen molar-refractivity contribution in [3.05, 3.63) is 59.7 Å². The number of ether oxygens (including phenoxy) is 5. The van der Waals surface area contributed by atoms with Crippen LogP contribution in [0, 0.1) is 0 Å². The van der Waals surface area contributed by atoms with Gasteiger partial charge in [-0.3, -0.25) is 4.79 Å². The first-order chi connectivity index (χ1) is 20.1. The summed E-state index contributed by atoms with van der Waals surface area (Å²) in [7, 11) is 1.34. The number of ketones is 1. The molecule has 4 rings (SSSR count). The van der Waals surface area contributed by atoms with Crippen LogP contribution in [0.4, 0.5) is 0 Å². The fourth-order valence-electron chi connectivity index (χ4n) is 4.43. The lowest BCUT2D eigenvalue weighted by Crippen LogP contribution is -2.60. The Labute approximate surface area is 240 Å². The third kappa shape index (κ3) is 6.90. The molecule has 2 fully saturated rings. The molecule has 8 N–H and O–H groups in total. The zero-order chi connectivity index (χ0) is 30.6. The van der Waals surface area contributed by atoms with Crippen LogP contribution in [-0.2, 0) is 9.47 Å². The number of hydrogen-bond donors (Lipinski definition) is 8. The number of benzene rings is 2. The van der Waals surface area contributed by atoms with Crippen LogP contribution in [0.3, 0.4) is 0 Å². The summed E-state index contributed by atoms with van der Waals surface area (Å²) in [6.45, 7) is -1.20. The van der Waals surface area contributed by atoms with Gasteiger partial charge in [0.2, 0.25) is 12.6 Å². The van der Waals surface area contributed by atoms with E-state index in [0.717, 1.165) is 0 Å². The summed E-state index contributed by atoms with van der Waals surface area (Å²) in [6.07, 6.45) is -11.5. The van der Waals surface area contributed by atoms with Crippen molar-refractivity contribution in [3.8, 4) is 17.2 Å². The van der Waals surface area contributed by atoms with Gasteiger partial charge in [0.15, 0.2) is 17.3 Å². The van der Waals surface area contributed by atoms with Crippen LogP contribution in [0.1, 0.15) is 15.9 Å². The topological polar surface area (TPSA) is 225 Å². The van der Waals surface area contributed by atoms with Crippen molar-refractivity contribution >= 4 is 11.9 Å². The number of carbonyl (C=O) groups excluding carboxylic acids is 1. The SMILES string of the molecule is COc1cc(C(=O)C=Cc2ccc(OC3OC(CO)C(O)C(O)C3O)cc2)ccc1OC1OC(CO)C(O)C(O)C1O. The van der Waals surface area contributed by atoms with Gasteiger partial charge in [-0.15, -0.1) is 0 Å². The van der Waals surface area contributed by atoms with Crippen molar-refractivity contribution in [1.29, 1.82) is 0 Å². The maximum atomic E-state index is 12.8. The predicted molar refractivity (Wildman–Crippen MR) is 142 cm³/mol. The molecule has 42 heavy (non-hydrogen) atoms. The second-order valence-electron chi connectivity index (χ2n) is 9.76. The number of allylic oxidation sites excluding steroid dienone is 1. The van der Waals surface area contributed by atoms with Crippen molar-refractivity contribution in [3.63, 3.8) is 0 Å².